The van der Waals surface area contributed by atoms with E-state index in [4.69, 9.17) is 0 Å². The minimum Gasteiger partial charge on any atom is -0.435 e. The van der Waals surface area contributed by atoms with Crippen LogP contribution >= 0.6 is 11.3 Å². The predicted molar refractivity (Wildman–Crippen MR) is 81.1 cm³/mol. The molecule has 5 nitrogen and oxygen atoms in total. The molecule has 0 radical (unpaired) electrons. The highest BCUT2D eigenvalue weighted by atomic mass is 32.1. The predicted octanol–water partition coefficient (Wildman–Crippen LogP) is 3.63. The molecule has 2 aromatic rings. The van der Waals surface area contributed by atoms with Crippen molar-refractivity contribution >= 4 is 28.1 Å². The Hall–Kier alpha value is -2.22. The minimum absolute atomic E-state index is 0.0827. The van der Waals surface area contributed by atoms with Gasteiger partial charge < -0.3 is 15.4 Å². The van der Waals surface area contributed by atoms with Crippen molar-refractivity contribution in [3.8, 4) is 5.75 Å². The summed E-state index contributed by atoms with van der Waals surface area (Å²) in [5, 5.41) is 7.94. The van der Waals surface area contributed by atoms with Crippen molar-refractivity contribution in [1.29, 1.82) is 0 Å². The summed E-state index contributed by atoms with van der Waals surface area (Å²) >= 11 is 1.29. The van der Waals surface area contributed by atoms with Crippen LogP contribution in [0.15, 0.2) is 29.6 Å². The molecule has 0 fully saturated rings. The fourth-order valence-corrected chi connectivity index (χ4v) is 2.32. The number of anilines is 2. The van der Waals surface area contributed by atoms with E-state index in [9.17, 15) is 13.6 Å². The Morgan fingerprint density at radius 2 is 2.09 bits per heavy atom. The maximum atomic E-state index is 12.1. The molecule has 0 saturated heterocycles. The second-order valence-electron chi connectivity index (χ2n) is 4.32. The topological polar surface area (TPSA) is 63.2 Å². The van der Waals surface area contributed by atoms with E-state index in [1.165, 1.54) is 23.5 Å². The quantitative estimate of drug-likeness (QED) is 0.815. The van der Waals surface area contributed by atoms with Crippen molar-refractivity contribution in [2.24, 2.45) is 0 Å². The normalized spacial score (nSPS) is 10.5. The number of rotatable bonds is 7. The Balaban J connectivity index is 1.96. The van der Waals surface area contributed by atoms with Gasteiger partial charge in [0.05, 0.1) is 0 Å². The number of nitrogens with one attached hydrogen (secondary N) is 2. The monoisotopic (exact) mass is 327 g/mol. The first-order chi connectivity index (χ1) is 10.6. The lowest BCUT2D eigenvalue weighted by atomic mass is 10.3. The fraction of sp³-hybridized carbons (Fsp3) is 0.286. The third-order valence-electron chi connectivity index (χ3n) is 2.60. The Labute approximate surface area is 130 Å². The smallest absolute Gasteiger partial charge is 0.387 e. The molecule has 1 aromatic heterocycles. The molecule has 118 valence electrons. The maximum absolute atomic E-state index is 12.1. The summed E-state index contributed by atoms with van der Waals surface area (Å²) in [6.07, 6.45) is 0.855. The van der Waals surface area contributed by atoms with E-state index < -0.39 is 6.61 Å². The standard InChI is InChI=1S/C14H15F2N3O2S/c1-2-7-17-12(20)11-8-22-14(19-11)18-9-3-5-10(6-4-9)21-13(15)16/h3-6,8,13H,2,7H2,1H3,(H,17,20)(H,18,19). The number of hydrogen-bond donors (Lipinski definition) is 2. The van der Waals surface area contributed by atoms with Gasteiger partial charge in [-0.15, -0.1) is 11.3 Å². The van der Waals surface area contributed by atoms with Crippen LogP contribution in [0.4, 0.5) is 19.6 Å². The van der Waals surface area contributed by atoms with Crippen LogP contribution in [0.2, 0.25) is 0 Å². The SMILES string of the molecule is CCCNC(=O)c1csc(Nc2ccc(OC(F)F)cc2)n1. The van der Waals surface area contributed by atoms with Crippen LogP contribution in [0.3, 0.4) is 0 Å². The number of amides is 1. The van der Waals surface area contributed by atoms with Gasteiger partial charge in [0.25, 0.3) is 5.91 Å². The van der Waals surface area contributed by atoms with Gasteiger partial charge in [-0.25, -0.2) is 4.98 Å². The summed E-state index contributed by atoms with van der Waals surface area (Å²) in [6, 6.07) is 6.04. The highest BCUT2D eigenvalue weighted by Crippen LogP contribution is 2.23. The zero-order valence-corrected chi connectivity index (χ0v) is 12.6. The molecule has 0 aliphatic heterocycles. The molecule has 0 bridgehead atoms. The number of aromatic nitrogens is 1. The molecular weight excluding hydrogens is 312 g/mol. The van der Waals surface area contributed by atoms with Crippen LogP contribution in [0, 0.1) is 0 Å². The van der Waals surface area contributed by atoms with E-state index in [2.05, 4.69) is 20.4 Å². The Morgan fingerprint density at radius 3 is 2.73 bits per heavy atom. The molecule has 0 saturated carbocycles. The molecule has 0 atom stereocenters. The number of benzene rings is 1. The van der Waals surface area contributed by atoms with Gasteiger partial charge in [-0.1, -0.05) is 6.92 Å². The van der Waals surface area contributed by atoms with Crippen molar-refractivity contribution in [3.05, 3.63) is 35.3 Å². The van der Waals surface area contributed by atoms with Gasteiger partial charge in [-0.3, -0.25) is 4.79 Å². The molecule has 0 aliphatic rings. The highest BCUT2D eigenvalue weighted by molar-refractivity contribution is 7.14. The van der Waals surface area contributed by atoms with Crippen LogP contribution in [0.1, 0.15) is 23.8 Å². The molecule has 1 amide bonds. The second kappa shape index (κ2) is 7.69. The van der Waals surface area contributed by atoms with Gasteiger partial charge in [0.2, 0.25) is 0 Å². The van der Waals surface area contributed by atoms with E-state index in [1.807, 2.05) is 6.92 Å². The Kier molecular flexibility index (Phi) is 5.65. The molecule has 0 unspecified atom stereocenters. The summed E-state index contributed by atoms with van der Waals surface area (Å²) in [5.41, 5.74) is 1.01. The van der Waals surface area contributed by atoms with Crippen molar-refractivity contribution < 1.29 is 18.3 Å². The van der Waals surface area contributed by atoms with Crippen molar-refractivity contribution in [3.63, 3.8) is 0 Å². The average molecular weight is 327 g/mol. The van der Waals surface area contributed by atoms with E-state index >= 15 is 0 Å². The van der Waals surface area contributed by atoms with Crippen molar-refractivity contribution in [1.82, 2.24) is 10.3 Å². The Morgan fingerprint density at radius 1 is 1.36 bits per heavy atom. The van der Waals surface area contributed by atoms with Crippen LogP contribution < -0.4 is 15.4 Å². The third kappa shape index (κ3) is 4.66. The van der Waals surface area contributed by atoms with Gasteiger partial charge in [-0.2, -0.15) is 8.78 Å². The number of alkyl halides is 2. The molecule has 22 heavy (non-hydrogen) atoms. The minimum atomic E-state index is -2.85. The van der Waals surface area contributed by atoms with Crippen LogP contribution in [0.25, 0.3) is 0 Å². The number of carbonyl (C=O) groups excluding carboxylic acids is 1. The summed E-state index contributed by atoms with van der Waals surface area (Å²) < 4.78 is 28.4. The maximum Gasteiger partial charge on any atom is 0.387 e. The molecule has 0 aliphatic carbocycles. The molecule has 0 spiro atoms. The van der Waals surface area contributed by atoms with Gasteiger partial charge in [0.15, 0.2) is 5.13 Å². The van der Waals surface area contributed by atoms with Crippen LogP contribution in [-0.2, 0) is 0 Å². The van der Waals surface area contributed by atoms with Crippen molar-refractivity contribution in [2.45, 2.75) is 20.0 Å². The van der Waals surface area contributed by atoms with Gasteiger partial charge in [0.1, 0.15) is 11.4 Å². The average Bonchev–Trinajstić information content (AvgIpc) is 2.95. The van der Waals surface area contributed by atoms with Crippen LogP contribution in [-0.4, -0.2) is 24.0 Å². The first kappa shape index (κ1) is 16.2. The Bertz CT molecular complexity index is 617. The first-order valence-corrected chi connectivity index (χ1v) is 7.52. The summed E-state index contributed by atoms with van der Waals surface area (Å²) in [5.74, 6) is -0.133. The van der Waals surface area contributed by atoms with Gasteiger partial charge >= 0.3 is 6.61 Å². The number of halogens is 2. The summed E-state index contributed by atoms with van der Waals surface area (Å²) in [4.78, 5) is 15.9. The van der Waals surface area contributed by atoms with Gasteiger partial charge in [-0.05, 0) is 30.7 Å². The number of ether oxygens (including phenoxy) is 1. The second-order valence-corrected chi connectivity index (χ2v) is 5.18. The van der Waals surface area contributed by atoms with E-state index in [0.717, 1.165) is 6.42 Å². The molecule has 1 heterocycles. The number of carbonyl (C=O) groups is 1. The largest absolute Gasteiger partial charge is 0.435 e. The molecule has 8 heteroatoms. The van der Waals surface area contributed by atoms with Crippen LogP contribution in [0.5, 0.6) is 5.75 Å². The molecular formula is C14H15F2N3O2S. The highest BCUT2D eigenvalue weighted by Gasteiger charge is 2.10. The molecule has 2 rings (SSSR count). The lowest BCUT2D eigenvalue weighted by molar-refractivity contribution is -0.0498. The first-order valence-electron chi connectivity index (χ1n) is 6.64. The molecule has 1 aromatic carbocycles. The third-order valence-corrected chi connectivity index (χ3v) is 3.36. The summed E-state index contributed by atoms with van der Waals surface area (Å²) in [6.45, 7) is -0.276. The number of nitrogens with zero attached hydrogens (tertiary/aromatic N) is 1. The number of thiazole rings is 1. The van der Waals surface area contributed by atoms with Crippen molar-refractivity contribution in [2.75, 3.05) is 11.9 Å². The lowest BCUT2D eigenvalue weighted by Crippen LogP contribution is -2.24. The van der Waals surface area contributed by atoms with E-state index in [-0.39, 0.29) is 11.7 Å². The van der Waals surface area contributed by atoms with Gasteiger partial charge in [0, 0.05) is 17.6 Å². The number of hydrogen-bond acceptors (Lipinski definition) is 5. The summed E-state index contributed by atoms with van der Waals surface area (Å²) in [7, 11) is 0. The van der Waals surface area contributed by atoms with E-state index in [1.54, 1.807) is 17.5 Å². The lowest BCUT2D eigenvalue weighted by Gasteiger charge is -2.06. The zero-order chi connectivity index (χ0) is 15.9. The molecule has 2 N–H and O–H groups in total. The zero-order valence-electron chi connectivity index (χ0n) is 11.8. The fourth-order valence-electron chi connectivity index (χ4n) is 1.61. The van der Waals surface area contributed by atoms with E-state index in [0.29, 0.717) is 23.1 Å².